The van der Waals surface area contributed by atoms with Gasteiger partial charge in [-0.2, -0.15) is 5.10 Å². The van der Waals surface area contributed by atoms with Gasteiger partial charge in [0, 0.05) is 38.4 Å². The first-order valence-corrected chi connectivity index (χ1v) is 12.3. The molecule has 2 aliphatic heterocycles. The summed E-state index contributed by atoms with van der Waals surface area (Å²) in [6.07, 6.45) is 12.3. The standard InChI is InChI=1S/C24H37N5O/c1-27-22(2-5-25-27)16-28-6-3-20-14-29(15-21(20)4-7-28)23(30)26-24-11-17-8-18(12-24)10-19(9-17)13-24/h2,5,17-21H,3-4,6-16H2,1H3,(H,26,30)/t17?,18?,19?,20-,21+,24?. The van der Waals surface area contributed by atoms with Gasteiger partial charge in [0.05, 0.1) is 5.69 Å². The van der Waals surface area contributed by atoms with Crippen LogP contribution < -0.4 is 5.32 Å². The summed E-state index contributed by atoms with van der Waals surface area (Å²) < 4.78 is 1.99. The van der Waals surface area contributed by atoms with Crippen molar-refractivity contribution in [1.29, 1.82) is 0 Å². The van der Waals surface area contributed by atoms with Crippen LogP contribution in [0.4, 0.5) is 4.79 Å². The molecule has 0 unspecified atom stereocenters. The summed E-state index contributed by atoms with van der Waals surface area (Å²) in [4.78, 5) is 18.0. The third-order valence-corrected chi connectivity index (χ3v) is 9.21. The predicted molar refractivity (Wildman–Crippen MR) is 116 cm³/mol. The van der Waals surface area contributed by atoms with Crippen molar-refractivity contribution >= 4 is 6.03 Å². The lowest BCUT2D eigenvalue weighted by atomic mass is 9.53. The molecule has 6 heteroatoms. The lowest BCUT2D eigenvalue weighted by Gasteiger charge is -2.57. The average molecular weight is 412 g/mol. The Balaban J connectivity index is 1.05. The van der Waals surface area contributed by atoms with Crippen LogP contribution in [0.25, 0.3) is 0 Å². The molecule has 4 aliphatic carbocycles. The zero-order valence-electron chi connectivity index (χ0n) is 18.4. The Bertz CT molecular complexity index is 752. The minimum Gasteiger partial charge on any atom is -0.333 e. The van der Waals surface area contributed by atoms with Gasteiger partial charge in [-0.3, -0.25) is 9.58 Å². The first-order chi connectivity index (χ1) is 14.6. The molecular formula is C24H37N5O. The second kappa shape index (κ2) is 7.25. The van der Waals surface area contributed by atoms with Crippen molar-refractivity contribution in [3.8, 4) is 0 Å². The van der Waals surface area contributed by atoms with E-state index in [9.17, 15) is 4.79 Å². The summed E-state index contributed by atoms with van der Waals surface area (Å²) in [6.45, 7) is 5.19. The maximum absolute atomic E-state index is 13.3. The Morgan fingerprint density at radius 2 is 1.67 bits per heavy atom. The molecule has 6 aliphatic rings. The van der Waals surface area contributed by atoms with E-state index in [2.05, 4.69) is 26.3 Å². The first-order valence-electron chi connectivity index (χ1n) is 12.3. The second-order valence-electron chi connectivity index (χ2n) is 11.4. The van der Waals surface area contributed by atoms with Crippen LogP contribution in [0.2, 0.25) is 0 Å². The van der Waals surface area contributed by atoms with Crippen molar-refractivity contribution in [1.82, 2.24) is 24.9 Å². The van der Waals surface area contributed by atoms with Gasteiger partial charge in [0.15, 0.2) is 0 Å². The number of nitrogens with zero attached hydrogens (tertiary/aromatic N) is 4. The zero-order chi connectivity index (χ0) is 20.3. The molecule has 4 bridgehead atoms. The van der Waals surface area contributed by atoms with Crippen LogP contribution in [-0.2, 0) is 13.6 Å². The predicted octanol–water partition coefficient (Wildman–Crippen LogP) is 3.24. The number of amides is 2. The number of rotatable bonds is 3. The molecule has 0 spiro atoms. The molecule has 6 fully saturated rings. The molecule has 2 amide bonds. The molecule has 0 radical (unpaired) electrons. The Morgan fingerprint density at radius 3 is 2.20 bits per heavy atom. The molecular weight excluding hydrogens is 374 g/mol. The van der Waals surface area contributed by atoms with E-state index in [1.165, 1.54) is 57.1 Å². The number of aryl methyl sites for hydroxylation is 1. The van der Waals surface area contributed by atoms with Gasteiger partial charge in [-0.1, -0.05) is 0 Å². The molecule has 4 saturated carbocycles. The molecule has 7 rings (SSSR count). The van der Waals surface area contributed by atoms with Crippen molar-refractivity contribution in [2.75, 3.05) is 26.2 Å². The smallest absolute Gasteiger partial charge is 0.317 e. The van der Waals surface area contributed by atoms with E-state index in [1.807, 2.05) is 17.9 Å². The molecule has 0 aromatic carbocycles. The van der Waals surface area contributed by atoms with Gasteiger partial charge in [0.2, 0.25) is 0 Å². The molecule has 1 aromatic rings. The lowest BCUT2D eigenvalue weighted by molar-refractivity contribution is -0.0154. The van der Waals surface area contributed by atoms with E-state index in [1.54, 1.807) is 0 Å². The fourth-order valence-corrected chi connectivity index (χ4v) is 8.08. The van der Waals surface area contributed by atoms with Gasteiger partial charge in [0.25, 0.3) is 0 Å². The molecule has 1 N–H and O–H groups in total. The van der Waals surface area contributed by atoms with Crippen molar-refractivity contribution in [3.05, 3.63) is 18.0 Å². The Hall–Kier alpha value is -1.56. The molecule has 6 nitrogen and oxygen atoms in total. The summed E-state index contributed by atoms with van der Waals surface area (Å²) in [6, 6.07) is 2.37. The summed E-state index contributed by atoms with van der Waals surface area (Å²) in [5.74, 6) is 3.98. The number of carbonyl (C=O) groups excluding carboxylic acids is 1. The highest BCUT2D eigenvalue weighted by molar-refractivity contribution is 5.75. The van der Waals surface area contributed by atoms with E-state index >= 15 is 0 Å². The molecule has 3 heterocycles. The van der Waals surface area contributed by atoms with Gasteiger partial charge in [-0.05, 0) is 100 Å². The molecule has 1 aromatic heterocycles. The molecule has 164 valence electrons. The fourth-order valence-electron chi connectivity index (χ4n) is 8.08. The minimum absolute atomic E-state index is 0.135. The third-order valence-electron chi connectivity index (χ3n) is 9.21. The Labute approximate surface area is 180 Å². The number of hydrogen-bond acceptors (Lipinski definition) is 3. The van der Waals surface area contributed by atoms with E-state index in [0.29, 0.717) is 11.8 Å². The van der Waals surface area contributed by atoms with Crippen molar-refractivity contribution in [3.63, 3.8) is 0 Å². The van der Waals surface area contributed by atoms with Crippen LogP contribution in [0.15, 0.2) is 12.3 Å². The monoisotopic (exact) mass is 411 g/mol. The number of nitrogens with one attached hydrogen (secondary N) is 1. The first kappa shape index (κ1) is 19.1. The van der Waals surface area contributed by atoms with Gasteiger partial charge in [0.1, 0.15) is 0 Å². The van der Waals surface area contributed by atoms with E-state index < -0.39 is 0 Å². The highest BCUT2D eigenvalue weighted by Crippen LogP contribution is 2.55. The third kappa shape index (κ3) is 3.45. The number of likely N-dealkylation sites (tertiary alicyclic amines) is 2. The molecule has 2 saturated heterocycles. The maximum atomic E-state index is 13.3. The van der Waals surface area contributed by atoms with Crippen molar-refractivity contribution in [2.45, 2.75) is 63.5 Å². The largest absolute Gasteiger partial charge is 0.333 e. The number of carbonyl (C=O) groups is 1. The Morgan fingerprint density at radius 1 is 1.07 bits per heavy atom. The molecule has 2 atom stereocenters. The zero-order valence-corrected chi connectivity index (χ0v) is 18.4. The second-order valence-corrected chi connectivity index (χ2v) is 11.4. The lowest BCUT2D eigenvalue weighted by Crippen LogP contribution is -2.61. The highest BCUT2D eigenvalue weighted by atomic mass is 16.2. The number of aromatic nitrogens is 2. The van der Waals surface area contributed by atoms with E-state index in [-0.39, 0.29) is 11.6 Å². The SMILES string of the molecule is Cn1nccc1CN1CC[C@@H]2CN(C(=O)NC34CC5CC(CC(C5)C3)C4)C[C@@H]2CC1. The average Bonchev–Trinajstić information content (AvgIpc) is 3.23. The van der Waals surface area contributed by atoms with Crippen molar-refractivity contribution < 1.29 is 4.79 Å². The van der Waals surface area contributed by atoms with Gasteiger partial charge < -0.3 is 10.2 Å². The summed E-state index contributed by atoms with van der Waals surface area (Å²) in [5.41, 5.74) is 1.43. The number of urea groups is 1. The highest BCUT2D eigenvalue weighted by Gasteiger charge is 2.52. The van der Waals surface area contributed by atoms with Crippen LogP contribution in [0, 0.1) is 29.6 Å². The van der Waals surface area contributed by atoms with Crippen LogP contribution in [0.5, 0.6) is 0 Å². The number of fused-ring (bicyclic) bond motifs is 1. The minimum atomic E-state index is 0.135. The summed E-state index contributed by atoms with van der Waals surface area (Å²) >= 11 is 0. The van der Waals surface area contributed by atoms with Gasteiger partial charge in [-0.15, -0.1) is 0 Å². The van der Waals surface area contributed by atoms with Gasteiger partial charge >= 0.3 is 6.03 Å². The van der Waals surface area contributed by atoms with Crippen LogP contribution in [-0.4, -0.2) is 57.3 Å². The molecule has 30 heavy (non-hydrogen) atoms. The van der Waals surface area contributed by atoms with E-state index in [0.717, 1.165) is 50.5 Å². The Kier molecular flexibility index (Phi) is 4.63. The summed E-state index contributed by atoms with van der Waals surface area (Å²) in [5, 5.41) is 7.91. The van der Waals surface area contributed by atoms with Crippen LogP contribution in [0.1, 0.15) is 57.1 Å². The van der Waals surface area contributed by atoms with E-state index in [4.69, 9.17) is 0 Å². The normalized spacial score (nSPS) is 40.4. The quantitative estimate of drug-likeness (QED) is 0.831. The number of hydrogen-bond donors (Lipinski definition) is 1. The van der Waals surface area contributed by atoms with Crippen molar-refractivity contribution in [2.24, 2.45) is 36.6 Å². The summed E-state index contributed by atoms with van der Waals surface area (Å²) in [7, 11) is 2.03. The van der Waals surface area contributed by atoms with Gasteiger partial charge in [-0.25, -0.2) is 4.79 Å². The van der Waals surface area contributed by atoms with Crippen LogP contribution >= 0.6 is 0 Å². The van der Waals surface area contributed by atoms with Crippen LogP contribution in [0.3, 0.4) is 0 Å². The topological polar surface area (TPSA) is 53.4 Å². The maximum Gasteiger partial charge on any atom is 0.317 e. The fraction of sp³-hybridized carbons (Fsp3) is 0.833.